The fourth-order valence-corrected chi connectivity index (χ4v) is 3.78. The van der Waals surface area contributed by atoms with Crippen molar-refractivity contribution < 1.29 is 27.5 Å². The minimum absolute atomic E-state index is 0.0567. The largest absolute Gasteiger partial charge is 0.417 e. The first-order chi connectivity index (χ1) is 15.1. The molecular formula is C19H17ClF3N5O4. The zero-order chi connectivity index (χ0) is 23.0. The monoisotopic (exact) mass is 471 g/mol. The number of halogens is 4. The number of carbonyl (C=O) groups excluding carboxylic acids is 2. The maximum atomic E-state index is 13.1. The number of aromatic nitrogens is 2. The Morgan fingerprint density at radius 3 is 2.66 bits per heavy atom. The average Bonchev–Trinajstić information content (AvgIpc) is 2.74. The Kier molecular flexibility index (Phi) is 5.82. The Morgan fingerprint density at radius 2 is 1.97 bits per heavy atom. The van der Waals surface area contributed by atoms with Crippen LogP contribution in [0.4, 0.5) is 30.6 Å². The number of ether oxygens (including phenoxy) is 1. The van der Waals surface area contributed by atoms with E-state index in [0.717, 1.165) is 6.07 Å². The maximum Gasteiger partial charge on any atom is 0.417 e. The molecule has 0 spiro atoms. The number of rotatable bonds is 3. The van der Waals surface area contributed by atoms with E-state index < -0.39 is 40.1 Å². The number of morpholine rings is 1. The van der Waals surface area contributed by atoms with Crippen LogP contribution in [0.25, 0.3) is 0 Å². The number of alkyl halides is 3. The summed E-state index contributed by atoms with van der Waals surface area (Å²) in [5.41, 5.74) is -1.98. The van der Waals surface area contributed by atoms with Crippen LogP contribution in [0.5, 0.6) is 0 Å². The third kappa shape index (κ3) is 4.41. The van der Waals surface area contributed by atoms with Gasteiger partial charge in [-0.2, -0.15) is 18.2 Å². The van der Waals surface area contributed by atoms with Gasteiger partial charge in [-0.1, -0.05) is 11.6 Å². The third-order valence-corrected chi connectivity index (χ3v) is 5.43. The van der Waals surface area contributed by atoms with Gasteiger partial charge in [-0.3, -0.25) is 19.4 Å². The molecule has 2 amide bonds. The highest BCUT2D eigenvalue weighted by Crippen LogP contribution is 2.37. The Morgan fingerprint density at radius 1 is 1.25 bits per heavy atom. The summed E-state index contributed by atoms with van der Waals surface area (Å²) in [7, 11) is 0. The number of nitrogens with zero attached hydrogens (tertiary/aromatic N) is 2. The zero-order valence-corrected chi connectivity index (χ0v) is 17.1. The molecule has 9 nitrogen and oxygen atoms in total. The van der Waals surface area contributed by atoms with E-state index in [1.54, 1.807) is 4.90 Å². The number of H-pyrrole nitrogens is 1. The van der Waals surface area contributed by atoms with Crippen LogP contribution >= 0.6 is 11.6 Å². The van der Waals surface area contributed by atoms with Crippen LogP contribution in [0.3, 0.4) is 0 Å². The van der Waals surface area contributed by atoms with E-state index in [4.69, 9.17) is 16.3 Å². The number of hydrogen-bond donors (Lipinski definition) is 3. The van der Waals surface area contributed by atoms with E-state index in [1.165, 1.54) is 6.07 Å². The first kappa shape index (κ1) is 22.1. The summed E-state index contributed by atoms with van der Waals surface area (Å²) in [5.74, 6) is -2.43. The summed E-state index contributed by atoms with van der Waals surface area (Å²) in [6, 6.07) is 2.89. The number of fused-ring (bicyclic) bond motifs is 1. The van der Waals surface area contributed by atoms with E-state index in [1.807, 2.05) is 0 Å². The van der Waals surface area contributed by atoms with Crippen molar-refractivity contribution in [3.8, 4) is 0 Å². The van der Waals surface area contributed by atoms with Crippen molar-refractivity contribution in [2.24, 2.45) is 0 Å². The summed E-state index contributed by atoms with van der Waals surface area (Å²) >= 11 is 5.60. The van der Waals surface area contributed by atoms with Crippen LogP contribution in [-0.2, 0) is 20.5 Å². The minimum atomic E-state index is -4.72. The van der Waals surface area contributed by atoms with Gasteiger partial charge in [0.1, 0.15) is 5.82 Å². The van der Waals surface area contributed by atoms with E-state index >= 15 is 0 Å². The summed E-state index contributed by atoms with van der Waals surface area (Å²) < 4.78 is 44.6. The lowest BCUT2D eigenvalue weighted by atomic mass is 9.92. The quantitative estimate of drug-likeness (QED) is 0.632. The van der Waals surface area contributed by atoms with Gasteiger partial charge < -0.3 is 20.3 Å². The molecular weight excluding hydrogens is 455 g/mol. The lowest BCUT2D eigenvalue weighted by Gasteiger charge is -2.29. The Bertz CT molecular complexity index is 1130. The molecule has 1 aromatic heterocycles. The lowest BCUT2D eigenvalue weighted by molar-refractivity contribution is -0.137. The molecule has 1 saturated heterocycles. The van der Waals surface area contributed by atoms with Crippen molar-refractivity contribution in [3.05, 3.63) is 44.7 Å². The number of carbonyl (C=O) groups is 2. The topological polar surface area (TPSA) is 116 Å². The third-order valence-electron chi connectivity index (χ3n) is 5.10. The molecule has 2 aliphatic rings. The molecule has 2 aliphatic heterocycles. The molecule has 1 atom stereocenters. The molecule has 1 fully saturated rings. The van der Waals surface area contributed by atoms with Gasteiger partial charge >= 0.3 is 6.18 Å². The molecule has 13 heteroatoms. The number of nitrogens with one attached hydrogen (secondary N) is 3. The van der Waals surface area contributed by atoms with Crippen LogP contribution in [0.15, 0.2) is 23.0 Å². The fourth-order valence-electron chi connectivity index (χ4n) is 3.56. The van der Waals surface area contributed by atoms with Crippen LogP contribution in [-0.4, -0.2) is 48.1 Å². The molecule has 0 radical (unpaired) electrons. The van der Waals surface area contributed by atoms with E-state index in [0.29, 0.717) is 32.4 Å². The molecule has 4 rings (SSSR count). The van der Waals surface area contributed by atoms with Gasteiger partial charge in [0, 0.05) is 25.2 Å². The second-order valence-corrected chi connectivity index (χ2v) is 7.64. The highest BCUT2D eigenvalue weighted by molar-refractivity contribution is 6.31. The fraction of sp³-hybridized carbons (Fsp3) is 0.368. The summed E-state index contributed by atoms with van der Waals surface area (Å²) in [5, 5.41) is 4.30. The molecule has 2 aromatic rings. The first-order valence-corrected chi connectivity index (χ1v) is 9.95. The molecule has 170 valence electrons. The van der Waals surface area contributed by atoms with E-state index in [9.17, 15) is 27.6 Å². The van der Waals surface area contributed by atoms with Crippen LogP contribution in [0, 0.1) is 0 Å². The van der Waals surface area contributed by atoms with Crippen molar-refractivity contribution >= 4 is 40.9 Å². The van der Waals surface area contributed by atoms with Gasteiger partial charge in [-0.15, -0.1) is 0 Å². The Labute approximate surface area is 183 Å². The van der Waals surface area contributed by atoms with Crippen LogP contribution in [0.2, 0.25) is 5.02 Å². The zero-order valence-electron chi connectivity index (χ0n) is 16.4. The van der Waals surface area contributed by atoms with Gasteiger partial charge in [0.2, 0.25) is 17.8 Å². The van der Waals surface area contributed by atoms with Gasteiger partial charge in [-0.05, 0) is 18.2 Å². The highest BCUT2D eigenvalue weighted by atomic mass is 35.5. The standard InChI is InChI=1S/C19H17ClF3N5O4/c20-12-2-1-9(7-11(12)19(21,22)23)24-16(30)10-8-13(29)25-15-14(10)17(31)27-18(26-15)28-3-5-32-6-4-28/h1-2,7,10H,3-6,8H2,(H,24,30)(H2,25,26,27,29,31)/t10-/m1/s1. The number of amides is 2. The molecule has 0 unspecified atom stereocenters. The molecule has 0 saturated carbocycles. The van der Waals surface area contributed by atoms with Gasteiger partial charge in [-0.25, -0.2) is 0 Å². The average molecular weight is 472 g/mol. The van der Waals surface area contributed by atoms with E-state index in [2.05, 4.69) is 20.6 Å². The number of hydrogen-bond acceptors (Lipinski definition) is 6. The second-order valence-electron chi connectivity index (χ2n) is 7.24. The summed E-state index contributed by atoms with van der Waals surface area (Å²) in [6.07, 6.45) is -5.08. The smallest absolute Gasteiger partial charge is 0.378 e. The van der Waals surface area contributed by atoms with Crippen LogP contribution < -0.4 is 21.1 Å². The molecule has 0 aliphatic carbocycles. The number of benzene rings is 1. The molecule has 3 N–H and O–H groups in total. The number of anilines is 3. The van der Waals surface area contributed by atoms with Crippen LogP contribution in [0.1, 0.15) is 23.5 Å². The minimum Gasteiger partial charge on any atom is -0.378 e. The lowest BCUT2D eigenvalue weighted by Crippen LogP contribution is -2.41. The van der Waals surface area contributed by atoms with Gasteiger partial charge in [0.15, 0.2) is 0 Å². The first-order valence-electron chi connectivity index (χ1n) is 9.58. The predicted octanol–water partition coefficient (Wildman–Crippen LogP) is 2.34. The second kappa shape index (κ2) is 8.43. The van der Waals surface area contributed by atoms with Crippen molar-refractivity contribution in [3.63, 3.8) is 0 Å². The maximum absolute atomic E-state index is 13.1. The van der Waals surface area contributed by atoms with Gasteiger partial charge in [0.25, 0.3) is 5.56 Å². The molecule has 1 aromatic carbocycles. The summed E-state index contributed by atoms with van der Waals surface area (Å²) in [4.78, 5) is 46.5. The summed E-state index contributed by atoms with van der Waals surface area (Å²) in [6.45, 7) is 1.85. The Balaban J connectivity index is 1.63. The van der Waals surface area contributed by atoms with Gasteiger partial charge in [0.05, 0.1) is 35.3 Å². The molecule has 32 heavy (non-hydrogen) atoms. The normalized spacial score (nSPS) is 18.7. The van der Waals surface area contributed by atoms with Crippen molar-refractivity contribution in [1.82, 2.24) is 9.97 Å². The number of aromatic amines is 1. The highest BCUT2D eigenvalue weighted by Gasteiger charge is 2.36. The Hall–Kier alpha value is -3.12. The molecule has 0 bridgehead atoms. The SMILES string of the molecule is O=C1C[C@@H](C(=O)Nc2ccc(Cl)c(C(F)(F)F)c2)c2c(nc(N3CCOCC3)[nH]c2=O)N1. The molecule has 3 heterocycles. The van der Waals surface area contributed by atoms with Crippen molar-refractivity contribution in [2.45, 2.75) is 18.5 Å². The predicted molar refractivity (Wildman–Crippen MR) is 109 cm³/mol. The van der Waals surface area contributed by atoms with Crippen molar-refractivity contribution in [2.75, 3.05) is 41.8 Å². The van der Waals surface area contributed by atoms with E-state index in [-0.39, 0.29) is 29.4 Å². The van der Waals surface area contributed by atoms with Crippen molar-refractivity contribution in [1.29, 1.82) is 0 Å².